The molecule has 0 amide bonds. The first-order chi connectivity index (χ1) is 12.6. The second-order valence-corrected chi connectivity index (χ2v) is 7.74. The van der Waals surface area contributed by atoms with Gasteiger partial charge in [0, 0.05) is 10.6 Å². The van der Waals surface area contributed by atoms with Gasteiger partial charge in [0.25, 0.3) is 0 Å². The van der Waals surface area contributed by atoms with Crippen LogP contribution in [0.2, 0.25) is 5.02 Å². The Morgan fingerprint density at radius 1 is 1.19 bits per heavy atom. The van der Waals surface area contributed by atoms with Gasteiger partial charge in [0.15, 0.2) is 5.76 Å². The normalized spacial score (nSPS) is 12.8. The van der Waals surface area contributed by atoms with Crippen LogP contribution in [0.5, 0.6) is 0 Å². The van der Waals surface area contributed by atoms with Crippen LogP contribution in [0.15, 0.2) is 59.1 Å². The summed E-state index contributed by atoms with van der Waals surface area (Å²) in [5.41, 5.74) is 1.98. The summed E-state index contributed by atoms with van der Waals surface area (Å²) in [6, 6.07) is 16.0. The lowest BCUT2D eigenvalue weighted by molar-refractivity contribution is 0.228. The van der Waals surface area contributed by atoms with Gasteiger partial charge in [-0.25, -0.2) is 9.97 Å². The van der Waals surface area contributed by atoms with E-state index in [-0.39, 0.29) is 6.04 Å². The van der Waals surface area contributed by atoms with Crippen molar-refractivity contribution >= 4 is 33.2 Å². The Labute approximate surface area is 161 Å². The average Bonchev–Trinajstić information content (AvgIpc) is 3.27. The van der Waals surface area contributed by atoms with Gasteiger partial charge < -0.3 is 4.42 Å². The number of fused-ring (bicyclic) bond motifs is 1. The van der Waals surface area contributed by atoms with Crippen LogP contribution in [-0.4, -0.2) is 21.9 Å². The molecule has 4 nitrogen and oxygen atoms in total. The first kappa shape index (κ1) is 17.2. The molecule has 0 N–H and O–H groups in total. The van der Waals surface area contributed by atoms with Crippen molar-refractivity contribution in [1.29, 1.82) is 0 Å². The van der Waals surface area contributed by atoms with E-state index < -0.39 is 0 Å². The number of benzene rings is 2. The van der Waals surface area contributed by atoms with Gasteiger partial charge in [-0.3, -0.25) is 4.90 Å². The molecule has 0 saturated carbocycles. The molecule has 0 fully saturated rings. The summed E-state index contributed by atoms with van der Waals surface area (Å²) in [5, 5.41) is 1.78. The SMILES string of the molecule is CC(c1nc2ccccc2s1)N(C)Cc1ncc(-c2cccc(Cl)c2)o1. The highest BCUT2D eigenvalue weighted by Crippen LogP contribution is 2.30. The van der Waals surface area contributed by atoms with Gasteiger partial charge in [0.1, 0.15) is 5.01 Å². The summed E-state index contributed by atoms with van der Waals surface area (Å²) >= 11 is 7.78. The zero-order valence-electron chi connectivity index (χ0n) is 14.5. The molecular formula is C20H18ClN3OS. The lowest BCUT2D eigenvalue weighted by Gasteiger charge is -2.21. The summed E-state index contributed by atoms with van der Waals surface area (Å²) < 4.78 is 7.12. The first-order valence-corrected chi connectivity index (χ1v) is 9.56. The van der Waals surface area contributed by atoms with Crippen molar-refractivity contribution < 1.29 is 4.42 Å². The van der Waals surface area contributed by atoms with E-state index in [4.69, 9.17) is 21.0 Å². The Morgan fingerprint density at radius 2 is 2.04 bits per heavy atom. The highest BCUT2D eigenvalue weighted by Gasteiger charge is 2.18. The third-order valence-electron chi connectivity index (χ3n) is 4.38. The Morgan fingerprint density at radius 3 is 2.85 bits per heavy atom. The first-order valence-electron chi connectivity index (χ1n) is 8.36. The third-order valence-corrected chi connectivity index (χ3v) is 5.82. The van der Waals surface area contributed by atoms with Crippen LogP contribution in [0.1, 0.15) is 23.9 Å². The van der Waals surface area contributed by atoms with Gasteiger partial charge in [-0.05, 0) is 38.2 Å². The van der Waals surface area contributed by atoms with Gasteiger partial charge in [-0.1, -0.05) is 35.9 Å². The molecule has 2 heterocycles. The van der Waals surface area contributed by atoms with Crippen LogP contribution >= 0.6 is 22.9 Å². The molecule has 4 rings (SSSR count). The van der Waals surface area contributed by atoms with E-state index in [1.54, 1.807) is 17.5 Å². The van der Waals surface area contributed by atoms with Gasteiger partial charge in [0.05, 0.1) is 29.0 Å². The fraction of sp³-hybridized carbons (Fsp3) is 0.200. The average molecular weight is 384 g/mol. The molecule has 0 saturated heterocycles. The number of thiazole rings is 1. The summed E-state index contributed by atoms with van der Waals surface area (Å²) in [6.45, 7) is 2.76. The Kier molecular flexibility index (Phi) is 4.76. The summed E-state index contributed by atoms with van der Waals surface area (Å²) in [4.78, 5) is 11.3. The predicted molar refractivity (Wildman–Crippen MR) is 106 cm³/mol. The Balaban J connectivity index is 1.50. The smallest absolute Gasteiger partial charge is 0.209 e. The van der Waals surface area contributed by atoms with Gasteiger partial charge in [-0.2, -0.15) is 0 Å². The third kappa shape index (κ3) is 3.51. The number of halogens is 1. The fourth-order valence-corrected chi connectivity index (χ4v) is 4.04. The van der Waals surface area contributed by atoms with Gasteiger partial charge >= 0.3 is 0 Å². The lowest BCUT2D eigenvalue weighted by Crippen LogP contribution is -2.21. The summed E-state index contributed by atoms with van der Waals surface area (Å²) in [7, 11) is 2.06. The second kappa shape index (κ2) is 7.19. The van der Waals surface area contributed by atoms with E-state index in [0.29, 0.717) is 17.5 Å². The lowest BCUT2D eigenvalue weighted by atomic mass is 10.2. The minimum absolute atomic E-state index is 0.175. The van der Waals surface area contributed by atoms with Crippen LogP contribution in [0, 0.1) is 0 Å². The van der Waals surface area contributed by atoms with E-state index in [1.165, 1.54) is 4.70 Å². The zero-order chi connectivity index (χ0) is 18.1. The minimum atomic E-state index is 0.175. The molecule has 4 aromatic rings. The zero-order valence-corrected chi connectivity index (χ0v) is 16.1. The highest BCUT2D eigenvalue weighted by atomic mass is 35.5. The van der Waals surface area contributed by atoms with E-state index in [0.717, 1.165) is 21.8 Å². The molecule has 0 spiro atoms. The van der Waals surface area contributed by atoms with Crippen molar-refractivity contribution in [1.82, 2.24) is 14.9 Å². The van der Waals surface area contributed by atoms with Crippen molar-refractivity contribution in [2.45, 2.75) is 19.5 Å². The Bertz CT molecular complexity index is 1010. The maximum atomic E-state index is 6.05. The van der Waals surface area contributed by atoms with Crippen molar-refractivity contribution in [3.05, 3.63) is 70.6 Å². The topological polar surface area (TPSA) is 42.2 Å². The predicted octanol–water partition coefficient (Wildman–Crippen LogP) is 5.80. The van der Waals surface area contributed by atoms with Crippen molar-refractivity contribution in [2.75, 3.05) is 7.05 Å². The molecule has 0 aliphatic carbocycles. The highest BCUT2D eigenvalue weighted by molar-refractivity contribution is 7.18. The standard InChI is InChI=1S/C20H18ClN3OS/c1-13(20-23-16-8-3-4-9-18(16)26-20)24(2)12-19-22-11-17(25-19)14-6-5-7-15(21)10-14/h3-11,13H,12H2,1-2H3. The summed E-state index contributed by atoms with van der Waals surface area (Å²) in [5.74, 6) is 1.40. The van der Waals surface area contributed by atoms with Crippen molar-refractivity contribution in [3.63, 3.8) is 0 Å². The quantitative estimate of drug-likeness (QED) is 0.437. The molecule has 1 unspecified atom stereocenters. The number of aromatic nitrogens is 2. The number of hydrogen-bond acceptors (Lipinski definition) is 5. The Hall–Kier alpha value is -2.21. The number of hydrogen-bond donors (Lipinski definition) is 0. The van der Waals surface area contributed by atoms with Crippen LogP contribution in [-0.2, 0) is 6.54 Å². The van der Waals surface area contributed by atoms with Crippen LogP contribution in [0.4, 0.5) is 0 Å². The molecule has 6 heteroatoms. The van der Waals surface area contributed by atoms with E-state index in [1.807, 2.05) is 42.5 Å². The number of oxazole rings is 1. The molecule has 132 valence electrons. The molecular weight excluding hydrogens is 366 g/mol. The summed E-state index contributed by atoms with van der Waals surface area (Å²) in [6.07, 6.45) is 1.75. The number of rotatable bonds is 5. The van der Waals surface area contributed by atoms with E-state index in [9.17, 15) is 0 Å². The molecule has 0 aliphatic heterocycles. The van der Waals surface area contributed by atoms with Gasteiger partial charge in [0.2, 0.25) is 5.89 Å². The van der Waals surface area contributed by atoms with E-state index >= 15 is 0 Å². The number of nitrogens with zero attached hydrogens (tertiary/aromatic N) is 3. The maximum Gasteiger partial charge on any atom is 0.209 e. The molecule has 26 heavy (non-hydrogen) atoms. The molecule has 0 aliphatic rings. The van der Waals surface area contributed by atoms with Gasteiger partial charge in [-0.15, -0.1) is 11.3 Å². The van der Waals surface area contributed by atoms with Crippen molar-refractivity contribution in [3.8, 4) is 11.3 Å². The minimum Gasteiger partial charge on any atom is -0.439 e. The van der Waals surface area contributed by atoms with Crippen LogP contribution < -0.4 is 0 Å². The fourth-order valence-electron chi connectivity index (χ4n) is 2.77. The van der Waals surface area contributed by atoms with Crippen molar-refractivity contribution in [2.24, 2.45) is 0 Å². The maximum absolute atomic E-state index is 6.05. The van der Waals surface area contributed by atoms with E-state index in [2.05, 4.69) is 29.9 Å². The molecule has 0 bridgehead atoms. The molecule has 1 atom stereocenters. The monoisotopic (exact) mass is 383 g/mol. The molecule has 0 radical (unpaired) electrons. The molecule has 2 aromatic heterocycles. The van der Waals surface area contributed by atoms with Crippen LogP contribution in [0.25, 0.3) is 21.5 Å². The number of para-hydroxylation sites is 1. The largest absolute Gasteiger partial charge is 0.439 e. The van der Waals surface area contributed by atoms with Crippen LogP contribution in [0.3, 0.4) is 0 Å². The second-order valence-electron chi connectivity index (χ2n) is 6.24. The molecule has 2 aromatic carbocycles.